The molecule has 2 aromatic heterocycles. The highest BCUT2D eigenvalue weighted by Crippen LogP contribution is 2.05. The standard InChI is InChI=1S/C9H11N5/c1-7-12-13-9(14(7)2)6-11-8-4-3-5-10-8/h3-6,10H,1-2H3/b11-6-. The third-order valence-electron chi connectivity index (χ3n) is 2.03. The van der Waals surface area contributed by atoms with Gasteiger partial charge in [0.2, 0.25) is 0 Å². The van der Waals surface area contributed by atoms with Crippen LogP contribution in [-0.2, 0) is 7.05 Å². The van der Waals surface area contributed by atoms with Crippen LogP contribution < -0.4 is 0 Å². The second-order valence-electron chi connectivity index (χ2n) is 2.98. The smallest absolute Gasteiger partial charge is 0.174 e. The van der Waals surface area contributed by atoms with Crippen LogP contribution in [0.25, 0.3) is 0 Å². The van der Waals surface area contributed by atoms with E-state index in [1.807, 2.05) is 36.9 Å². The van der Waals surface area contributed by atoms with Crippen LogP contribution in [0.2, 0.25) is 0 Å². The van der Waals surface area contributed by atoms with E-state index >= 15 is 0 Å². The van der Waals surface area contributed by atoms with Gasteiger partial charge in [0.05, 0.1) is 6.21 Å². The Morgan fingerprint density at radius 1 is 1.50 bits per heavy atom. The normalized spacial score (nSPS) is 11.3. The van der Waals surface area contributed by atoms with Crippen molar-refractivity contribution >= 4 is 12.0 Å². The summed E-state index contributed by atoms with van der Waals surface area (Å²) in [4.78, 5) is 7.19. The van der Waals surface area contributed by atoms with Crippen molar-refractivity contribution in [3.8, 4) is 0 Å². The summed E-state index contributed by atoms with van der Waals surface area (Å²) in [7, 11) is 1.91. The van der Waals surface area contributed by atoms with Gasteiger partial charge in [-0.05, 0) is 19.1 Å². The lowest BCUT2D eigenvalue weighted by molar-refractivity contribution is 0.851. The van der Waals surface area contributed by atoms with E-state index in [-0.39, 0.29) is 0 Å². The van der Waals surface area contributed by atoms with Crippen molar-refractivity contribution in [2.75, 3.05) is 0 Å². The maximum absolute atomic E-state index is 4.21. The van der Waals surface area contributed by atoms with Gasteiger partial charge in [-0.3, -0.25) is 0 Å². The lowest BCUT2D eigenvalue weighted by atomic mass is 10.6. The second-order valence-corrected chi connectivity index (χ2v) is 2.98. The van der Waals surface area contributed by atoms with E-state index in [1.165, 1.54) is 0 Å². The average molecular weight is 189 g/mol. The van der Waals surface area contributed by atoms with Crippen LogP contribution >= 0.6 is 0 Å². The number of aromatic nitrogens is 4. The molecule has 0 aliphatic heterocycles. The zero-order valence-corrected chi connectivity index (χ0v) is 8.10. The molecule has 0 fully saturated rings. The molecule has 2 heterocycles. The first kappa shape index (κ1) is 8.68. The second kappa shape index (κ2) is 3.45. The molecule has 0 saturated heterocycles. The van der Waals surface area contributed by atoms with Gasteiger partial charge in [-0.15, -0.1) is 10.2 Å². The molecule has 5 heteroatoms. The third-order valence-corrected chi connectivity index (χ3v) is 2.03. The number of H-pyrrole nitrogens is 1. The predicted octanol–water partition coefficient (Wildman–Crippen LogP) is 1.20. The average Bonchev–Trinajstić information content (AvgIpc) is 2.77. The lowest BCUT2D eigenvalue weighted by Gasteiger charge is -1.93. The zero-order valence-electron chi connectivity index (χ0n) is 8.10. The Labute approximate surface area is 81.5 Å². The van der Waals surface area contributed by atoms with Crippen molar-refractivity contribution < 1.29 is 0 Å². The van der Waals surface area contributed by atoms with E-state index < -0.39 is 0 Å². The molecular formula is C9H11N5. The fourth-order valence-electron chi connectivity index (χ4n) is 1.06. The van der Waals surface area contributed by atoms with E-state index in [4.69, 9.17) is 0 Å². The molecule has 0 aromatic carbocycles. The van der Waals surface area contributed by atoms with Gasteiger partial charge in [0, 0.05) is 13.2 Å². The van der Waals surface area contributed by atoms with Crippen molar-refractivity contribution in [3.63, 3.8) is 0 Å². The maximum Gasteiger partial charge on any atom is 0.174 e. The fourth-order valence-corrected chi connectivity index (χ4v) is 1.06. The summed E-state index contributed by atoms with van der Waals surface area (Å²) in [5.74, 6) is 2.43. The molecule has 0 amide bonds. The lowest BCUT2D eigenvalue weighted by Crippen LogP contribution is -1.97. The van der Waals surface area contributed by atoms with E-state index in [0.29, 0.717) is 0 Å². The fraction of sp³-hybridized carbons (Fsp3) is 0.222. The molecule has 1 N–H and O–H groups in total. The third kappa shape index (κ3) is 1.56. The van der Waals surface area contributed by atoms with Gasteiger partial charge >= 0.3 is 0 Å². The number of aryl methyl sites for hydroxylation is 1. The highest BCUT2D eigenvalue weighted by Gasteiger charge is 2.00. The summed E-state index contributed by atoms with van der Waals surface area (Å²) in [6, 6.07) is 3.79. The molecule has 0 aliphatic carbocycles. The van der Waals surface area contributed by atoms with Gasteiger partial charge in [0.1, 0.15) is 11.6 Å². The number of aromatic amines is 1. The first-order chi connectivity index (χ1) is 6.77. The minimum Gasteiger partial charge on any atom is -0.347 e. The Balaban J connectivity index is 2.23. The Kier molecular flexibility index (Phi) is 2.14. The summed E-state index contributed by atoms with van der Waals surface area (Å²) in [6.45, 7) is 1.90. The van der Waals surface area contributed by atoms with Gasteiger partial charge in [-0.1, -0.05) is 0 Å². The number of nitrogens with zero attached hydrogens (tertiary/aromatic N) is 4. The van der Waals surface area contributed by atoms with Gasteiger partial charge in [-0.2, -0.15) is 0 Å². The van der Waals surface area contributed by atoms with Crippen LogP contribution in [0.15, 0.2) is 23.3 Å². The summed E-state index contributed by atoms with van der Waals surface area (Å²) in [6.07, 6.45) is 3.51. The number of nitrogens with one attached hydrogen (secondary N) is 1. The van der Waals surface area contributed by atoms with Crippen LogP contribution in [0.5, 0.6) is 0 Å². The van der Waals surface area contributed by atoms with Crippen LogP contribution in [0.3, 0.4) is 0 Å². The molecule has 72 valence electrons. The van der Waals surface area contributed by atoms with Gasteiger partial charge in [0.15, 0.2) is 5.82 Å². The Morgan fingerprint density at radius 3 is 2.93 bits per heavy atom. The molecule has 0 radical (unpaired) electrons. The molecular weight excluding hydrogens is 178 g/mol. The highest BCUT2D eigenvalue weighted by atomic mass is 15.3. The van der Waals surface area contributed by atoms with Gasteiger partial charge in [-0.25, -0.2) is 4.99 Å². The Bertz CT molecular complexity index is 438. The van der Waals surface area contributed by atoms with Crippen LogP contribution in [0.4, 0.5) is 5.82 Å². The van der Waals surface area contributed by atoms with Crippen molar-refractivity contribution in [1.29, 1.82) is 0 Å². The number of hydrogen-bond acceptors (Lipinski definition) is 3. The topological polar surface area (TPSA) is 58.9 Å². The number of aliphatic imine (C=N–C) groups is 1. The van der Waals surface area contributed by atoms with Gasteiger partial charge < -0.3 is 9.55 Å². The van der Waals surface area contributed by atoms with Crippen molar-refractivity contribution in [2.24, 2.45) is 12.0 Å². The summed E-state index contributed by atoms with van der Waals surface area (Å²) >= 11 is 0. The molecule has 5 nitrogen and oxygen atoms in total. The first-order valence-electron chi connectivity index (χ1n) is 4.31. The number of hydrogen-bond donors (Lipinski definition) is 1. The molecule has 0 unspecified atom stereocenters. The minimum absolute atomic E-state index is 0.747. The van der Waals surface area contributed by atoms with E-state index in [1.54, 1.807) is 6.21 Å². The summed E-state index contributed by atoms with van der Waals surface area (Å²) in [5, 5.41) is 7.89. The SMILES string of the molecule is Cc1nnc(/C=N\c2ccc[nH]2)n1C. The Hall–Kier alpha value is -1.91. The quantitative estimate of drug-likeness (QED) is 0.721. The van der Waals surface area contributed by atoms with Crippen LogP contribution in [-0.4, -0.2) is 26.0 Å². The molecule has 0 saturated carbocycles. The van der Waals surface area contributed by atoms with E-state index in [2.05, 4.69) is 20.2 Å². The van der Waals surface area contributed by atoms with Crippen molar-refractivity contribution in [3.05, 3.63) is 30.0 Å². The van der Waals surface area contributed by atoms with E-state index in [0.717, 1.165) is 17.5 Å². The highest BCUT2D eigenvalue weighted by molar-refractivity contribution is 5.76. The Morgan fingerprint density at radius 2 is 2.36 bits per heavy atom. The molecule has 0 atom stereocenters. The molecule has 0 spiro atoms. The number of rotatable bonds is 2. The van der Waals surface area contributed by atoms with Crippen LogP contribution in [0, 0.1) is 6.92 Å². The van der Waals surface area contributed by atoms with Crippen molar-refractivity contribution in [1.82, 2.24) is 19.7 Å². The van der Waals surface area contributed by atoms with Crippen molar-refractivity contribution in [2.45, 2.75) is 6.92 Å². The largest absolute Gasteiger partial charge is 0.347 e. The first-order valence-corrected chi connectivity index (χ1v) is 4.31. The monoisotopic (exact) mass is 189 g/mol. The molecule has 14 heavy (non-hydrogen) atoms. The van der Waals surface area contributed by atoms with Gasteiger partial charge in [0.25, 0.3) is 0 Å². The minimum atomic E-state index is 0.747. The molecule has 0 aliphatic rings. The molecule has 0 bridgehead atoms. The maximum atomic E-state index is 4.21. The molecule has 2 aromatic rings. The molecule has 2 rings (SSSR count). The predicted molar refractivity (Wildman–Crippen MR) is 53.8 cm³/mol. The van der Waals surface area contributed by atoms with Crippen LogP contribution in [0.1, 0.15) is 11.6 Å². The van der Waals surface area contributed by atoms with E-state index in [9.17, 15) is 0 Å². The zero-order chi connectivity index (χ0) is 9.97. The summed E-state index contributed by atoms with van der Waals surface area (Å²) in [5.41, 5.74) is 0. The summed E-state index contributed by atoms with van der Waals surface area (Å²) < 4.78 is 1.88.